The molecular formula is C15H24BrN3. The normalized spacial score (nSPS) is 22.1. The van der Waals surface area contributed by atoms with E-state index >= 15 is 0 Å². The fraction of sp³-hybridized carbons (Fsp3) is 0.600. The minimum Gasteiger partial charge on any atom is -0.324 e. The topological polar surface area (TPSA) is 32.5 Å². The van der Waals surface area contributed by atoms with E-state index in [1.165, 1.54) is 25.1 Å². The summed E-state index contributed by atoms with van der Waals surface area (Å²) < 4.78 is 1.11. The number of rotatable bonds is 5. The van der Waals surface area contributed by atoms with Gasteiger partial charge in [-0.15, -0.1) is 0 Å². The Balaban J connectivity index is 1.78. The van der Waals surface area contributed by atoms with Gasteiger partial charge in [0.2, 0.25) is 0 Å². The second-order valence-electron chi connectivity index (χ2n) is 5.65. The molecule has 1 aromatic carbocycles. The lowest BCUT2D eigenvalue weighted by Crippen LogP contribution is -2.32. The van der Waals surface area contributed by atoms with Crippen molar-refractivity contribution < 1.29 is 0 Å². The maximum absolute atomic E-state index is 6.27. The maximum atomic E-state index is 6.27. The average molecular weight is 326 g/mol. The molecule has 0 saturated carbocycles. The van der Waals surface area contributed by atoms with E-state index in [9.17, 15) is 0 Å². The van der Waals surface area contributed by atoms with Crippen LogP contribution in [0.15, 0.2) is 28.7 Å². The van der Waals surface area contributed by atoms with Gasteiger partial charge in [-0.25, -0.2) is 0 Å². The number of likely N-dealkylation sites (tertiary alicyclic amines) is 1. The maximum Gasteiger partial charge on any atom is 0.0307 e. The highest BCUT2D eigenvalue weighted by Crippen LogP contribution is 2.19. The van der Waals surface area contributed by atoms with Crippen molar-refractivity contribution in [1.29, 1.82) is 0 Å². The molecule has 1 aliphatic heterocycles. The van der Waals surface area contributed by atoms with Crippen molar-refractivity contribution in [2.75, 3.05) is 33.7 Å². The minimum absolute atomic E-state index is 0.145. The fourth-order valence-corrected chi connectivity index (χ4v) is 2.90. The number of halogens is 1. The number of nitrogens with two attached hydrogens (primary N) is 1. The molecule has 0 amide bonds. The van der Waals surface area contributed by atoms with Crippen LogP contribution in [0.5, 0.6) is 0 Å². The molecule has 106 valence electrons. The third-order valence-electron chi connectivity index (χ3n) is 4.03. The Hall–Kier alpha value is -0.420. The molecule has 0 aromatic heterocycles. The Morgan fingerprint density at radius 1 is 1.37 bits per heavy atom. The average Bonchev–Trinajstić information content (AvgIpc) is 2.86. The van der Waals surface area contributed by atoms with Crippen molar-refractivity contribution >= 4 is 15.9 Å². The molecule has 2 N–H and O–H groups in total. The van der Waals surface area contributed by atoms with Gasteiger partial charge in [-0.2, -0.15) is 0 Å². The summed E-state index contributed by atoms with van der Waals surface area (Å²) in [6.45, 7) is 3.48. The van der Waals surface area contributed by atoms with Gasteiger partial charge in [0, 0.05) is 29.6 Å². The Kier molecular flexibility index (Phi) is 5.39. The van der Waals surface area contributed by atoms with Crippen molar-refractivity contribution in [2.24, 2.45) is 5.73 Å². The first-order chi connectivity index (χ1) is 9.06. The molecule has 3 nitrogen and oxygen atoms in total. The molecule has 2 atom stereocenters. The molecule has 19 heavy (non-hydrogen) atoms. The van der Waals surface area contributed by atoms with Crippen molar-refractivity contribution in [1.82, 2.24) is 9.80 Å². The summed E-state index contributed by atoms with van der Waals surface area (Å²) in [5.41, 5.74) is 7.49. The Morgan fingerprint density at radius 2 is 2.05 bits per heavy atom. The number of hydrogen-bond donors (Lipinski definition) is 1. The Morgan fingerprint density at radius 3 is 2.63 bits per heavy atom. The highest BCUT2D eigenvalue weighted by atomic mass is 79.9. The quantitative estimate of drug-likeness (QED) is 0.902. The third-order valence-corrected chi connectivity index (χ3v) is 4.56. The highest BCUT2D eigenvalue weighted by molar-refractivity contribution is 9.10. The van der Waals surface area contributed by atoms with Gasteiger partial charge >= 0.3 is 0 Å². The van der Waals surface area contributed by atoms with Crippen molar-refractivity contribution in [3.8, 4) is 0 Å². The standard InChI is InChI=1S/C15H24BrN3/c1-18(2)14-7-9-19(11-14)10-8-15(17)12-3-5-13(16)6-4-12/h3-6,14-15H,7-11,17H2,1-2H3. The van der Waals surface area contributed by atoms with Crippen LogP contribution in [0.1, 0.15) is 24.4 Å². The van der Waals surface area contributed by atoms with Crippen LogP contribution >= 0.6 is 15.9 Å². The summed E-state index contributed by atoms with van der Waals surface area (Å²) in [7, 11) is 4.34. The van der Waals surface area contributed by atoms with Crippen LogP contribution in [0.4, 0.5) is 0 Å². The van der Waals surface area contributed by atoms with Crippen LogP contribution in [-0.2, 0) is 0 Å². The lowest BCUT2D eigenvalue weighted by atomic mass is 10.0. The fourth-order valence-electron chi connectivity index (χ4n) is 2.64. The predicted octanol–water partition coefficient (Wildman–Crippen LogP) is 2.47. The molecular weight excluding hydrogens is 302 g/mol. The molecule has 2 rings (SSSR count). The molecule has 1 aliphatic rings. The summed E-state index contributed by atoms with van der Waals surface area (Å²) in [5.74, 6) is 0. The molecule has 0 aliphatic carbocycles. The third kappa shape index (κ3) is 4.28. The van der Waals surface area contributed by atoms with Crippen LogP contribution in [-0.4, -0.2) is 49.6 Å². The van der Waals surface area contributed by atoms with Gasteiger partial charge in [-0.1, -0.05) is 28.1 Å². The second-order valence-corrected chi connectivity index (χ2v) is 6.57. The zero-order valence-electron chi connectivity index (χ0n) is 11.8. The Bertz CT molecular complexity index is 391. The summed E-state index contributed by atoms with van der Waals surface area (Å²) >= 11 is 3.45. The minimum atomic E-state index is 0.145. The van der Waals surface area contributed by atoms with Gasteiger partial charge in [0.1, 0.15) is 0 Å². The largest absolute Gasteiger partial charge is 0.324 e. The number of likely N-dealkylation sites (N-methyl/N-ethyl adjacent to an activating group) is 1. The van der Waals surface area contributed by atoms with Crippen LogP contribution in [0.2, 0.25) is 0 Å². The van der Waals surface area contributed by atoms with Gasteiger partial charge in [0.25, 0.3) is 0 Å². The smallest absolute Gasteiger partial charge is 0.0307 e. The van der Waals surface area contributed by atoms with E-state index in [0.29, 0.717) is 6.04 Å². The van der Waals surface area contributed by atoms with Crippen LogP contribution in [0, 0.1) is 0 Å². The van der Waals surface area contributed by atoms with Gasteiger partial charge in [0.15, 0.2) is 0 Å². The van der Waals surface area contributed by atoms with Crippen LogP contribution < -0.4 is 5.73 Å². The SMILES string of the molecule is CN(C)C1CCN(CCC(N)c2ccc(Br)cc2)C1. The number of nitrogens with zero attached hydrogens (tertiary/aromatic N) is 2. The summed E-state index contributed by atoms with van der Waals surface area (Å²) in [6, 6.07) is 9.21. The number of benzene rings is 1. The van der Waals surface area contributed by atoms with E-state index in [-0.39, 0.29) is 6.04 Å². The molecule has 2 unspecified atom stereocenters. The summed E-state index contributed by atoms with van der Waals surface area (Å²) in [5, 5.41) is 0. The van der Waals surface area contributed by atoms with Crippen LogP contribution in [0.3, 0.4) is 0 Å². The van der Waals surface area contributed by atoms with Crippen LogP contribution in [0.25, 0.3) is 0 Å². The van der Waals surface area contributed by atoms with E-state index in [1.54, 1.807) is 0 Å². The number of hydrogen-bond acceptors (Lipinski definition) is 3. The Labute approximate surface area is 124 Å². The first-order valence-electron chi connectivity index (χ1n) is 6.96. The van der Waals surface area contributed by atoms with Gasteiger partial charge in [-0.05, 0) is 51.2 Å². The van der Waals surface area contributed by atoms with Crippen molar-refractivity contribution in [3.63, 3.8) is 0 Å². The first-order valence-corrected chi connectivity index (χ1v) is 7.75. The van der Waals surface area contributed by atoms with Gasteiger partial charge in [0.05, 0.1) is 0 Å². The van der Waals surface area contributed by atoms with E-state index in [4.69, 9.17) is 5.73 Å². The van der Waals surface area contributed by atoms with E-state index < -0.39 is 0 Å². The second kappa shape index (κ2) is 6.84. The summed E-state index contributed by atoms with van der Waals surface area (Å²) in [4.78, 5) is 4.86. The molecule has 1 saturated heterocycles. The lowest BCUT2D eigenvalue weighted by Gasteiger charge is -2.21. The van der Waals surface area contributed by atoms with E-state index in [1.807, 2.05) is 0 Å². The van der Waals surface area contributed by atoms with Gasteiger partial charge in [-0.3, -0.25) is 0 Å². The van der Waals surface area contributed by atoms with E-state index in [2.05, 4.69) is 64.1 Å². The molecule has 0 bridgehead atoms. The zero-order chi connectivity index (χ0) is 13.8. The molecule has 0 radical (unpaired) electrons. The molecule has 0 spiro atoms. The molecule has 1 fully saturated rings. The monoisotopic (exact) mass is 325 g/mol. The zero-order valence-corrected chi connectivity index (χ0v) is 13.4. The summed E-state index contributed by atoms with van der Waals surface area (Å²) in [6.07, 6.45) is 2.31. The lowest BCUT2D eigenvalue weighted by molar-refractivity contribution is 0.263. The first kappa shape index (κ1) is 15.0. The van der Waals surface area contributed by atoms with Crippen molar-refractivity contribution in [3.05, 3.63) is 34.3 Å². The van der Waals surface area contributed by atoms with E-state index in [0.717, 1.165) is 17.4 Å². The van der Waals surface area contributed by atoms with Gasteiger partial charge < -0.3 is 15.5 Å². The highest BCUT2D eigenvalue weighted by Gasteiger charge is 2.23. The molecule has 1 aromatic rings. The van der Waals surface area contributed by atoms with Crippen molar-refractivity contribution in [2.45, 2.75) is 24.9 Å². The predicted molar refractivity (Wildman–Crippen MR) is 84.2 cm³/mol. The molecule has 1 heterocycles. The molecule has 4 heteroatoms.